The molecule has 3 atom stereocenters. The largest absolute Gasteiger partial charge is 0.496 e. The summed E-state index contributed by atoms with van der Waals surface area (Å²) in [6.45, 7) is 10.9. The van der Waals surface area contributed by atoms with E-state index in [-0.39, 0.29) is 5.41 Å². The van der Waals surface area contributed by atoms with E-state index in [0.29, 0.717) is 17.8 Å². The molecule has 144 valence electrons. The lowest BCUT2D eigenvalue weighted by atomic mass is 9.54. The highest BCUT2D eigenvalue weighted by atomic mass is 16.5. The predicted octanol–water partition coefficient (Wildman–Crippen LogP) is 5.64. The van der Waals surface area contributed by atoms with Crippen LogP contribution in [-0.4, -0.2) is 21.3 Å². The lowest BCUT2D eigenvalue weighted by Gasteiger charge is -2.50. The van der Waals surface area contributed by atoms with Crippen molar-refractivity contribution >= 4 is 0 Å². The molecule has 2 aliphatic carbocycles. The van der Waals surface area contributed by atoms with Crippen molar-refractivity contribution in [2.45, 2.75) is 64.2 Å². The minimum atomic E-state index is 0.0755. The Kier molecular flexibility index (Phi) is 5.28. The molecule has 0 heterocycles. The van der Waals surface area contributed by atoms with Gasteiger partial charge in [0.15, 0.2) is 11.5 Å². The monoisotopic (exact) mass is 358 g/mol. The number of methoxy groups -OCH3 is 3. The molecule has 0 aromatic heterocycles. The predicted molar refractivity (Wildman–Crippen MR) is 107 cm³/mol. The molecule has 0 spiro atoms. The van der Waals surface area contributed by atoms with Crippen LogP contribution in [0.1, 0.15) is 69.1 Å². The number of benzene rings is 1. The molecule has 2 aliphatic rings. The van der Waals surface area contributed by atoms with Crippen molar-refractivity contribution in [3.63, 3.8) is 0 Å². The summed E-state index contributed by atoms with van der Waals surface area (Å²) in [7, 11) is 5.30. The minimum Gasteiger partial charge on any atom is -0.496 e. The van der Waals surface area contributed by atoms with Gasteiger partial charge >= 0.3 is 0 Å². The van der Waals surface area contributed by atoms with Gasteiger partial charge in [-0.1, -0.05) is 33.3 Å². The fourth-order valence-electron chi connectivity index (χ4n) is 5.74. The quantitative estimate of drug-likeness (QED) is 0.637. The SMILES string of the molecule is C=C[C@@H]1CCC[C@]2(C)c3c(c(OC)c(C(C)C)c(OC)c3OC)CC[C@@H]12. The van der Waals surface area contributed by atoms with Crippen LogP contribution in [0.5, 0.6) is 17.2 Å². The Hall–Kier alpha value is -1.64. The molecule has 26 heavy (non-hydrogen) atoms. The van der Waals surface area contributed by atoms with Crippen LogP contribution in [0.25, 0.3) is 0 Å². The fraction of sp³-hybridized carbons (Fsp3) is 0.652. The molecular formula is C23H34O3. The second kappa shape index (κ2) is 7.17. The normalized spacial score (nSPS) is 27.5. The molecule has 3 heteroatoms. The van der Waals surface area contributed by atoms with Gasteiger partial charge in [0.25, 0.3) is 0 Å². The van der Waals surface area contributed by atoms with Gasteiger partial charge in [-0.2, -0.15) is 0 Å². The highest BCUT2D eigenvalue weighted by Crippen LogP contribution is 2.60. The van der Waals surface area contributed by atoms with Crippen LogP contribution in [0, 0.1) is 11.8 Å². The van der Waals surface area contributed by atoms with E-state index in [9.17, 15) is 0 Å². The van der Waals surface area contributed by atoms with E-state index >= 15 is 0 Å². The summed E-state index contributed by atoms with van der Waals surface area (Å²) in [6, 6.07) is 0. The van der Waals surface area contributed by atoms with Gasteiger partial charge in [0, 0.05) is 22.1 Å². The van der Waals surface area contributed by atoms with Crippen molar-refractivity contribution in [1.82, 2.24) is 0 Å². The highest BCUT2D eigenvalue weighted by Gasteiger charge is 2.49. The fourth-order valence-corrected chi connectivity index (χ4v) is 5.74. The summed E-state index contributed by atoms with van der Waals surface area (Å²) in [5.41, 5.74) is 3.86. The Morgan fingerprint density at radius 2 is 1.69 bits per heavy atom. The first-order valence-electron chi connectivity index (χ1n) is 9.92. The van der Waals surface area contributed by atoms with Crippen LogP contribution in [0.2, 0.25) is 0 Å². The van der Waals surface area contributed by atoms with Gasteiger partial charge in [0.05, 0.1) is 21.3 Å². The van der Waals surface area contributed by atoms with Crippen molar-refractivity contribution < 1.29 is 14.2 Å². The van der Waals surface area contributed by atoms with Crippen LogP contribution in [0.4, 0.5) is 0 Å². The number of allylic oxidation sites excluding steroid dienone is 1. The van der Waals surface area contributed by atoms with E-state index in [1.54, 1.807) is 21.3 Å². The van der Waals surface area contributed by atoms with Gasteiger partial charge in [0.2, 0.25) is 0 Å². The smallest absolute Gasteiger partial charge is 0.168 e. The van der Waals surface area contributed by atoms with Crippen LogP contribution in [0.3, 0.4) is 0 Å². The average molecular weight is 359 g/mol. The van der Waals surface area contributed by atoms with Crippen LogP contribution >= 0.6 is 0 Å². The topological polar surface area (TPSA) is 27.7 Å². The maximum Gasteiger partial charge on any atom is 0.168 e. The van der Waals surface area contributed by atoms with Crippen molar-refractivity contribution in [3.05, 3.63) is 29.3 Å². The number of rotatable bonds is 5. The molecule has 1 aromatic rings. The van der Waals surface area contributed by atoms with Crippen molar-refractivity contribution in [3.8, 4) is 17.2 Å². The second-order valence-corrected chi connectivity index (χ2v) is 8.38. The van der Waals surface area contributed by atoms with E-state index in [4.69, 9.17) is 14.2 Å². The van der Waals surface area contributed by atoms with E-state index in [1.165, 1.54) is 36.8 Å². The number of hydrogen-bond acceptors (Lipinski definition) is 3. The average Bonchev–Trinajstić information content (AvgIpc) is 2.64. The lowest BCUT2D eigenvalue weighted by Crippen LogP contribution is -2.44. The van der Waals surface area contributed by atoms with E-state index < -0.39 is 0 Å². The van der Waals surface area contributed by atoms with Gasteiger partial charge in [-0.25, -0.2) is 0 Å². The van der Waals surface area contributed by atoms with Gasteiger partial charge in [-0.3, -0.25) is 0 Å². The molecule has 1 fully saturated rings. The summed E-state index contributed by atoms with van der Waals surface area (Å²) in [6.07, 6.45) is 8.05. The Balaban J connectivity index is 2.34. The molecule has 0 aliphatic heterocycles. The minimum absolute atomic E-state index is 0.0755. The van der Waals surface area contributed by atoms with E-state index in [0.717, 1.165) is 29.2 Å². The molecule has 0 amide bonds. The van der Waals surface area contributed by atoms with Crippen molar-refractivity contribution in [1.29, 1.82) is 0 Å². The third-order valence-electron chi connectivity index (χ3n) is 6.84. The summed E-state index contributed by atoms with van der Waals surface area (Å²) in [4.78, 5) is 0. The zero-order valence-electron chi connectivity index (χ0n) is 17.3. The summed E-state index contributed by atoms with van der Waals surface area (Å²) >= 11 is 0. The zero-order chi connectivity index (χ0) is 19.1. The molecule has 1 aromatic carbocycles. The van der Waals surface area contributed by atoms with Crippen LogP contribution in [-0.2, 0) is 11.8 Å². The van der Waals surface area contributed by atoms with Gasteiger partial charge in [-0.15, -0.1) is 6.58 Å². The third-order valence-corrected chi connectivity index (χ3v) is 6.84. The maximum atomic E-state index is 6.00. The highest BCUT2D eigenvalue weighted by molar-refractivity contribution is 5.67. The molecule has 1 saturated carbocycles. The molecule has 3 rings (SSSR count). The summed E-state index contributed by atoms with van der Waals surface area (Å²) in [5.74, 6) is 4.26. The Labute approximate surface area is 158 Å². The number of ether oxygens (including phenoxy) is 3. The summed E-state index contributed by atoms with van der Waals surface area (Å²) in [5, 5.41) is 0. The number of hydrogen-bond donors (Lipinski definition) is 0. The van der Waals surface area contributed by atoms with Gasteiger partial charge in [-0.05, 0) is 43.4 Å². The molecule has 0 bridgehead atoms. The Morgan fingerprint density at radius 3 is 2.23 bits per heavy atom. The van der Waals surface area contributed by atoms with Gasteiger partial charge in [0.1, 0.15) is 5.75 Å². The van der Waals surface area contributed by atoms with Gasteiger partial charge < -0.3 is 14.2 Å². The molecule has 0 saturated heterocycles. The van der Waals surface area contributed by atoms with Crippen molar-refractivity contribution in [2.75, 3.05) is 21.3 Å². The molecule has 0 radical (unpaired) electrons. The molecule has 3 nitrogen and oxygen atoms in total. The van der Waals surface area contributed by atoms with Crippen LogP contribution < -0.4 is 14.2 Å². The number of fused-ring (bicyclic) bond motifs is 3. The Bertz CT molecular complexity index is 666. The Morgan fingerprint density at radius 1 is 1.04 bits per heavy atom. The third kappa shape index (κ3) is 2.62. The van der Waals surface area contributed by atoms with E-state index in [1.807, 2.05) is 0 Å². The first kappa shape index (κ1) is 19.1. The first-order chi connectivity index (χ1) is 12.4. The second-order valence-electron chi connectivity index (χ2n) is 8.38. The first-order valence-corrected chi connectivity index (χ1v) is 9.92. The molecule has 0 N–H and O–H groups in total. The molecular weight excluding hydrogens is 324 g/mol. The van der Waals surface area contributed by atoms with Crippen LogP contribution in [0.15, 0.2) is 12.7 Å². The zero-order valence-corrected chi connectivity index (χ0v) is 17.3. The molecule has 0 unspecified atom stereocenters. The standard InChI is InChI=1S/C23H34O3/c1-8-15-10-9-13-23(4)17(15)12-11-16-19(23)22(26-7)21(25-6)18(14(2)3)20(16)24-5/h8,14-15,17H,1,9-13H2,2-7H3/t15-,17+,23+/m1/s1. The van der Waals surface area contributed by atoms with Crippen molar-refractivity contribution in [2.24, 2.45) is 11.8 Å². The maximum absolute atomic E-state index is 6.00. The van der Waals surface area contributed by atoms with E-state index in [2.05, 4.69) is 33.4 Å². The summed E-state index contributed by atoms with van der Waals surface area (Å²) < 4.78 is 17.9. The lowest BCUT2D eigenvalue weighted by molar-refractivity contribution is 0.128.